The van der Waals surface area contributed by atoms with Crippen molar-refractivity contribution in [1.82, 2.24) is 15.3 Å². The predicted molar refractivity (Wildman–Crippen MR) is 58.6 cm³/mol. The Bertz CT molecular complexity index is 409. The molecule has 0 atom stereocenters. The number of aromatic nitrogens is 2. The lowest BCUT2D eigenvalue weighted by atomic mass is 10.4. The van der Waals surface area contributed by atoms with Crippen LogP contribution in [-0.4, -0.2) is 21.6 Å². The first-order valence-electron chi connectivity index (χ1n) is 5.26. The van der Waals surface area contributed by atoms with Gasteiger partial charge < -0.3 is 19.8 Å². The highest BCUT2D eigenvalue weighted by Gasteiger charge is 2.00. The fraction of sp³-hybridized carbons (Fsp3) is 0.364. The summed E-state index contributed by atoms with van der Waals surface area (Å²) < 4.78 is 5.33. The summed E-state index contributed by atoms with van der Waals surface area (Å²) in [4.78, 5) is 7.17. The van der Waals surface area contributed by atoms with Crippen molar-refractivity contribution >= 4 is 0 Å². The molecule has 5 heteroatoms. The SMILES string of the molecule is OCc1ccc(CNCCc2ncc[nH]2)o1. The number of rotatable bonds is 6. The summed E-state index contributed by atoms with van der Waals surface area (Å²) in [6.45, 7) is 1.45. The second-order valence-electron chi connectivity index (χ2n) is 3.49. The summed E-state index contributed by atoms with van der Waals surface area (Å²) in [5.41, 5.74) is 0. The first kappa shape index (κ1) is 10.9. The van der Waals surface area contributed by atoms with Crippen molar-refractivity contribution in [3.8, 4) is 0 Å². The average Bonchev–Trinajstić information content (AvgIpc) is 2.95. The number of aromatic amines is 1. The molecule has 3 N–H and O–H groups in total. The van der Waals surface area contributed by atoms with Gasteiger partial charge in [-0.1, -0.05) is 0 Å². The molecule has 0 spiro atoms. The molecule has 0 fully saturated rings. The maximum atomic E-state index is 8.82. The zero-order chi connectivity index (χ0) is 11.2. The predicted octanol–water partition coefficient (Wildman–Crippen LogP) is 0.827. The lowest BCUT2D eigenvalue weighted by Gasteiger charge is -2.00. The first-order valence-corrected chi connectivity index (χ1v) is 5.26. The van der Waals surface area contributed by atoms with Crippen LogP contribution >= 0.6 is 0 Å². The van der Waals surface area contributed by atoms with Gasteiger partial charge in [-0.15, -0.1) is 0 Å². The molecule has 2 rings (SSSR count). The number of imidazole rings is 1. The Morgan fingerprint density at radius 2 is 2.25 bits per heavy atom. The van der Waals surface area contributed by atoms with E-state index in [9.17, 15) is 0 Å². The molecule has 0 saturated heterocycles. The van der Waals surface area contributed by atoms with Crippen molar-refractivity contribution in [1.29, 1.82) is 0 Å². The monoisotopic (exact) mass is 221 g/mol. The Balaban J connectivity index is 1.68. The van der Waals surface area contributed by atoms with Gasteiger partial charge in [-0.25, -0.2) is 4.98 Å². The third-order valence-corrected chi connectivity index (χ3v) is 2.27. The van der Waals surface area contributed by atoms with Crippen LogP contribution in [0.3, 0.4) is 0 Å². The third kappa shape index (κ3) is 2.95. The highest BCUT2D eigenvalue weighted by atomic mass is 16.4. The number of nitrogens with zero attached hydrogens (tertiary/aromatic N) is 1. The van der Waals surface area contributed by atoms with Crippen LogP contribution in [0.15, 0.2) is 28.9 Å². The van der Waals surface area contributed by atoms with Crippen molar-refractivity contribution < 1.29 is 9.52 Å². The molecule has 5 nitrogen and oxygen atoms in total. The molecular weight excluding hydrogens is 206 g/mol. The van der Waals surface area contributed by atoms with Crippen molar-refractivity contribution in [2.45, 2.75) is 19.6 Å². The van der Waals surface area contributed by atoms with Crippen LogP contribution in [0.4, 0.5) is 0 Å². The molecule has 0 amide bonds. The van der Waals surface area contributed by atoms with Crippen LogP contribution < -0.4 is 5.32 Å². The molecule has 16 heavy (non-hydrogen) atoms. The number of aliphatic hydroxyl groups excluding tert-OH is 1. The zero-order valence-electron chi connectivity index (χ0n) is 8.94. The van der Waals surface area contributed by atoms with Gasteiger partial charge in [0.15, 0.2) is 0 Å². The van der Waals surface area contributed by atoms with E-state index >= 15 is 0 Å². The van der Waals surface area contributed by atoms with E-state index in [-0.39, 0.29) is 6.61 Å². The molecule has 0 saturated carbocycles. The van der Waals surface area contributed by atoms with Gasteiger partial charge in [-0.05, 0) is 12.1 Å². The molecule has 0 aliphatic rings. The molecule has 2 heterocycles. The van der Waals surface area contributed by atoms with Gasteiger partial charge in [0.05, 0.1) is 6.54 Å². The highest BCUT2D eigenvalue weighted by molar-refractivity contribution is 5.06. The van der Waals surface area contributed by atoms with E-state index in [0.29, 0.717) is 12.3 Å². The molecule has 2 aromatic rings. The fourth-order valence-corrected chi connectivity index (χ4v) is 1.46. The van der Waals surface area contributed by atoms with Crippen LogP contribution in [0, 0.1) is 0 Å². The van der Waals surface area contributed by atoms with Gasteiger partial charge in [0, 0.05) is 25.4 Å². The number of aliphatic hydroxyl groups is 1. The van der Waals surface area contributed by atoms with Crippen LogP contribution in [0.2, 0.25) is 0 Å². The molecule has 0 aromatic carbocycles. The number of furan rings is 1. The summed E-state index contributed by atoms with van der Waals surface area (Å²) in [5, 5.41) is 12.1. The molecule has 0 aliphatic heterocycles. The smallest absolute Gasteiger partial charge is 0.129 e. The van der Waals surface area contributed by atoms with Gasteiger partial charge in [0.2, 0.25) is 0 Å². The molecule has 0 radical (unpaired) electrons. The van der Waals surface area contributed by atoms with Crippen LogP contribution in [0.1, 0.15) is 17.3 Å². The van der Waals surface area contributed by atoms with Crippen molar-refractivity contribution in [2.75, 3.05) is 6.54 Å². The summed E-state index contributed by atoms with van der Waals surface area (Å²) in [7, 11) is 0. The van der Waals surface area contributed by atoms with Gasteiger partial charge in [0.1, 0.15) is 24.0 Å². The maximum absolute atomic E-state index is 8.82. The van der Waals surface area contributed by atoms with E-state index < -0.39 is 0 Å². The van der Waals surface area contributed by atoms with E-state index in [1.54, 1.807) is 12.3 Å². The summed E-state index contributed by atoms with van der Waals surface area (Å²) in [6.07, 6.45) is 4.42. The molecule has 0 unspecified atom stereocenters. The van der Waals surface area contributed by atoms with Crippen molar-refractivity contribution in [3.05, 3.63) is 41.9 Å². The minimum absolute atomic E-state index is 0.0492. The highest BCUT2D eigenvalue weighted by Crippen LogP contribution is 2.06. The third-order valence-electron chi connectivity index (χ3n) is 2.27. The quantitative estimate of drug-likeness (QED) is 0.631. The second kappa shape index (κ2) is 5.48. The number of nitrogens with one attached hydrogen (secondary N) is 2. The Morgan fingerprint density at radius 1 is 1.38 bits per heavy atom. The molecule has 0 aliphatic carbocycles. The first-order chi connectivity index (χ1) is 7.88. The lowest BCUT2D eigenvalue weighted by molar-refractivity contribution is 0.243. The molecule has 86 valence electrons. The molecule has 2 aromatic heterocycles. The Hall–Kier alpha value is -1.59. The lowest BCUT2D eigenvalue weighted by Crippen LogP contribution is -2.16. The average molecular weight is 221 g/mol. The summed E-state index contributed by atoms with van der Waals surface area (Å²) >= 11 is 0. The number of hydrogen-bond donors (Lipinski definition) is 3. The standard InChI is InChI=1S/C11H15N3O2/c15-8-10-2-1-9(16-10)7-12-4-3-11-13-5-6-14-11/h1-2,5-6,12,15H,3-4,7-8H2,(H,13,14). The van der Waals surface area contributed by atoms with Crippen molar-refractivity contribution in [2.24, 2.45) is 0 Å². The number of hydrogen-bond acceptors (Lipinski definition) is 4. The van der Waals surface area contributed by atoms with E-state index in [1.165, 1.54) is 0 Å². The van der Waals surface area contributed by atoms with E-state index in [0.717, 1.165) is 24.6 Å². The Labute approximate surface area is 93.5 Å². The number of H-pyrrole nitrogens is 1. The van der Waals surface area contributed by atoms with E-state index in [1.807, 2.05) is 12.3 Å². The fourth-order valence-electron chi connectivity index (χ4n) is 1.46. The van der Waals surface area contributed by atoms with Gasteiger partial charge in [-0.3, -0.25) is 0 Å². The Morgan fingerprint density at radius 3 is 2.94 bits per heavy atom. The second-order valence-corrected chi connectivity index (χ2v) is 3.49. The van der Waals surface area contributed by atoms with Crippen molar-refractivity contribution in [3.63, 3.8) is 0 Å². The maximum Gasteiger partial charge on any atom is 0.129 e. The molecule has 0 bridgehead atoms. The van der Waals surface area contributed by atoms with Crippen LogP contribution in [0.5, 0.6) is 0 Å². The van der Waals surface area contributed by atoms with Gasteiger partial charge in [-0.2, -0.15) is 0 Å². The van der Waals surface area contributed by atoms with E-state index in [2.05, 4.69) is 15.3 Å². The Kier molecular flexibility index (Phi) is 3.74. The van der Waals surface area contributed by atoms with Crippen LogP contribution in [-0.2, 0) is 19.6 Å². The summed E-state index contributed by atoms with van der Waals surface area (Å²) in [6, 6.07) is 3.65. The zero-order valence-corrected chi connectivity index (χ0v) is 8.94. The minimum atomic E-state index is -0.0492. The van der Waals surface area contributed by atoms with Crippen LogP contribution in [0.25, 0.3) is 0 Å². The molecular formula is C11H15N3O2. The minimum Gasteiger partial charge on any atom is -0.462 e. The largest absolute Gasteiger partial charge is 0.462 e. The normalized spacial score (nSPS) is 10.8. The van der Waals surface area contributed by atoms with Gasteiger partial charge in [0.25, 0.3) is 0 Å². The van der Waals surface area contributed by atoms with E-state index in [4.69, 9.17) is 9.52 Å². The summed E-state index contributed by atoms with van der Waals surface area (Å²) in [5.74, 6) is 2.41. The van der Waals surface area contributed by atoms with Gasteiger partial charge >= 0.3 is 0 Å². The topological polar surface area (TPSA) is 74.1 Å².